The van der Waals surface area contributed by atoms with Gasteiger partial charge in [0.25, 0.3) is 5.56 Å². The Morgan fingerprint density at radius 1 is 1.00 bits per heavy atom. The fourth-order valence-corrected chi connectivity index (χ4v) is 2.58. The molecule has 0 spiro atoms. The molecule has 0 aliphatic heterocycles. The van der Waals surface area contributed by atoms with Gasteiger partial charge in [0.2, 0.25) is 0 Å². The molecule has 0 radical (unpaired) electrons. The monoisotopic (exact) mass is 308 g/mol. The Bertz CT molecular complexity index is 901. The van der Waals surface area contributed by atoms with Gasteiger partial charge in [0.1, 0.15) is 0 Å². The number of aliphatic carboxylic acids is 1. The number of aromatic nitrogens is 2. The van der Waals surface area contributed by atoms with E-state index in [2.05, 4.69) is 5.10 Å². The Labute approximate surface area is 132 Å². The van der Waals surface area contributed by atoms with Gasteiger partial charge in [-0.3, -0.25) is 9.59 Å². The first-order chi connectivity index (χ1) is 11.1. The lowest BCUT2D eigenvalue weighted by Crippen LogP contribution is -2.26. The van der Waals surface area contributed by atoms with Crippen molar-refractivity contribution in [2.24, 2.45) is 0 Å². The zero-order valence-electron chi connectivity index (χ0n) is 12.5. The van der Waals surface area contributed by atoms with Crippen LogP contribution < -0.4 is 5.56 Å². The molecule has 0 unspecified atom stereocenters. The van der Waals surface area contributed by atoms with Crippen LogP contribution in [0.25, 0.3) is 10.8 Å². The number of carboxylic acid groups (broad SMARTS) is 1. The summed E-state index contributed by atoms with van der Waals surface area (Å²) in [5.74, 6) is -0.948. The van der Waals surface area contributed by atoms with Crippen molar-refractivity contribution in [2.75, 3.05) is 0 Å². The highest BCUT2D eigenvalue weighted by Crippen LogP contribution is 2.16. The zero-order valence-corrected chi connectivity index (χ0v) is 12.5. The van der Waals surface area contributed by atoms with Gasteiger partial charge in [0.15, 0.2) is 0 Å². The third-order valence-electron chi connectivity index (χ3n) is 3.70. The van der Waals surface area contributed by atoms with E-state index >= 15 is 0 Å². The number of carboxylic acids is 1. The molecule has 0 atom stereocenters. The SMILES string of the molecule is O=C(O)CCn1nc(Cc2ccccc2)c2ccccc2c1=O. The molecule has 2 aromatic carbocycles. The first kappa shape index (κ1) is 15.0. The highest BCUT2D eigenvalue weighted by molar-refractivity contribution is 5.83. The summed E-state index contributed by atoms with van der Waals surface area (Å²) in [4.78, 5) is 23.2. The molecule has 5 heteroatoms. The topological polar surface area (TPSA) is 72.2 Å². The van der Waals surface area contributed by atoms with Crippen LogP contribution in [0.5, 0.6) is 0 Å². The normalized spacial score (nSPS) is 10.8. The molecule has 23 heavy (non-hydrogen) atoms. The fraction of sp³-hybridized carbons (Fsp3) is 0.167. The van der Waals surface area contributed by atoms with Gasteiger partial charge >= 0.3 is 5.97 Å². The lowest BCUT2D eigenvalue weighted by atomic mass is 10.0. The molecule has 0 saturated heterocycles. The average molecular weight is 308 g/mol. The maximum atomic E-state index is 12.5. The number of nitrogens with zero attached hydrogens (tertiary/aromatic N) is 2. The van der Waals surface area contributed by atoms with Gasteiger partial charge in [0, 0.05) is 11.8 Å². The van der Waals surface area contributed by atoms with Crippen molar-refractivity contribution < 1.29 is 9.90 Å². The molecule has 0 bridgehead atoms. The predicted octanol–water partition coefficient (Wildman–Crippen LogP) is 2.46. The molecular weight excluding hydrogens is 292 g/mol. The molecular formula is C18H16N2O3. The summed E-state index contributed by atoms with van der Waals surface area (Å²) in [5, 5.41) is 14.6. The molecule has 3 rings (SSSR count). The van der Waals surface area contributed by atoms with Crippen LogP contribution in [0, 0.1) is 0 Å². The van der Waals surface area contributed by atoms with E-state index in [1.165, 1.54) is 4.68 Å². The minimum atomic E-state index is -0.948. The van der Waals surface area contributed by atoms with E-state index in [4.69, 9.17) is 5.11 Å². The van der Waals surface area contributed by atoms with E-state index < -0.39 is 5.97 Å². The van der Waals surface area contributed by atoms with E-state index in [9.17, 15) is 9.59 Å². The number of hydrogen-bond acceptors (Lipinski definition) is 3. The summed E-state index contributed by atoms with van der Waals surface area (Å²) >= 11 is 0. The zero-order chi connectivity index (χ0) is 16.2. The van der Waals surface area contributed by atoms with Gasteiger partial charge in [-0.15, -0.1) is 0 Å². The number of benzene rings is 2. The summed E-state index contributed by atoms with van der Waals surface area (Å²) in [6.07, 6.45) is 0.463. The maximum absolute atomic E-state index is 12.5. The molecule has 5 nitrogen and oxygen atoms in total. The summed E-state index contributed by atoms with van der Waals surface area (Å²) in [6, 6.07) is 17.2. The minimum absolute atomic E-state index is 0.0702. The van der Waals surface area contributed by atoms with Gasteiger partial charge < -0.3 is 5.11 Å². The van der Waals surface area contributed by atoms with Gasteiger partial charge in [0.05, 0.1) is 24.0 Å². The molecule has 0 amide bonds. The molecule has 1 N–H and O–H groups in total. The van der Waals surface area contributed by atoms with Gasteiger partial charge in [-0.05, 0) is 11.6 Å². The second-order valence-corrected chi connectivity index (χ2v) is 5.33. The molecule has 3 aromatic rings. The van der Waals surface area contributed by atoms with Crippen LogP contribution in [0.1, 0.15) is 17.7 Å². The van der Waals surface area contributed by atoms with Crippen LogP contribution in [-0.4, -0.2) is 20.9 Å². The Morgan fingerprint density at radius 3 is 2.35 bits per heavy atom. The summed E-state index contributed by atoms with van der Waals surface area (Å²) in [7, 11) is 0. The van der Waals surface area contributed by atoms with Gasteiger partial charge in [-0.25, -0.2) is 4.68 Å². The average Bonchev–Trinajstić information content (AvgIpc) is 2.57. The van der Waals surface area contributed by atoms with E-state index in [-0.39, 0.29) is 18.5 Å². The second-order valence-electron chi connectivity index (χ2n) is 5.33. The summed E-state index contributed by atoms with van der Waals surface area (Å²) in [6.45, 7) is 0.0702. The minimum Gasteiger partial charge on any atom is -0.481 e. The summed E-state index contributed by atoms with van der Waals surface area (Å²) in [5.41, 5.74) is 1.61. The number of hydrogen-bond donors (Lipinski definition) is 1. The van der Waals surface area contributed by atoms with E-state index in [1.54, 1.807) is 12.1 Å². The van der Waals surface area contributed by atoms with Crippen molar-refractivity contribution >= 4 is 16.7 Å². The molecule has 0 aliphatic carbocycles. The highest BCUT2D eigenvalue weighted by Gasteiger charge is 2.11. The van der Waals surface area contributed by atoms with Crippen molar-refractivity contribution in [1.82, 2.24) is 9.78 Å². The van der Waals surface area contributed by atoms with E-state index in [0.717, 1.165) is 16.6 Å². The second kappa shape index (κ2) is 6.44. The van der Waals surface area contributed by atoms with Gasteiger partial charge in [-0.1, -0.05) is 48.5 Å². The van der Waals surface area contributed by atoms with Crippen molar-refractivity contribution in [2.45, 2.75) is 19.4 Å². The molecule has 116 valence electrons. The third-order valence-corrected chi connectivity index (χ3v) is 3.70. The highest BCUT2D eigenvalue weighted by atomic mass is 16.4. The summed E-state index contributed by atoms with van der Waals surface area (Å²) < 4.78 is 1.26. The van der Waals surface area contributed by atoms with Gasteiger partial charge in [-0.2, -0.15) is 5.10 Å². The van der Waals surface area contributed by atoms with E-state index in [0.29, 0.717) is 11.8 Å². The Hall–Kier alpha value is -2.95. The smallest absolute Gasteiger partial charge is 0.305 e. The van der Waals surface area contributed by atoms with Crippen LogP contribution >= 0.6 is 0 Å². The van der Waals surface area contributed by atoms with Crippen molar-refractivity contribution in [1.29, 1.82) is 0 Å². The van der Waals surface area contributed by atoms with Crippen LogP contribution in [0.2, 0.25) is 0 Å². The maximum Gasteiger partial charge on any atom is 0.305 e. The lowest BCUT2D eigenvalue weighted by Gasteiger charge is -2.10. The largest absolute Gasteiger partial charge is 0.481 e. The van der Waals surface area contributed by atoms with Crippen LogP contribution in [0.15, 0.2) is 59.4 Å². The Morgan fingerprint density at radius 2 is 1.65 bits per heavy atom. The third kappa shape index (κ3) is 3.29. The Kier molecular flexibility index (Phi) is 4.19. The fourth-order valence-electron chi connectivity index (χ4n) is 2.58. The predicted molar refractivity (Wildman–Crippen MR) is 87.5 cm³/mol. The molecule has 1 heterocycles. The Balaban J connectivity index is 2.09. The quantitative estimate of drug-likeness (QED) is 0.786. The number of carbonyl (C=O) groups is 1. The van der Waals surface area contributed by atoms with Crippen LogP contribution in [0.3, 0.4) is 0 Å². The number of rotatable bonds is 5. The van der Waals surface area contributed by atoms with Crippen LogP contribution in [0.4, 0.5) is 0 Å². The van der Waals surface area contributed by atoms with Crippen molar-refractivity contribution in [3.63, 3.8) is 0 Å². The van der Waals surface area contributed by atoms with Crippen LogP contribution in [-0.2, 0) is 17.8 Å². The number of aryl methyl sites for hydroxylation is 1. The van der Waals surface area contributed by atoms with Crippen molar-refractivity contribution in [3.8, 4) is 0 Å². The molecule has 0 aliphatic rings. The van der Waals surface area contributed by atoms with E-state index in [1.807, 2.05) is 42.5 Å². The van der Waals surface area contributed by atoms with Crippen molar-refractivity contribution in [3.05, 3.63) is 76.2 Å². The number of fused-ring (bicyclic) bond motifs is 1. The molecule has 1 aromatic heterocycles. The standard InChI is InChI=1S/C18H16N2O3/c21-17(22)10-11-20-18(23)15-9-5-4-8-14(15)16(19-20)12-13-6-2-1-3-7-13/h1-9H,10-12H2,(H,21,22). The lowest BCUT2D eigenvalue weighted by molar-refractivity contribution is -0.137. The first-order valence-corrected chi connectivity index (χ1v) is 7.39. The first-order valence-electron chi connectivity index (χ1n) is 7.39. The molecule has 0 saturated carbocycles. The molecule has 0 fully saturated rings.